The van der Waals surface area contributed by atoms with Gasteiger partial charge in [0.15, 0.2) is 5.96 Å². The molecule has 5 heteroatoms. The van der Waals surface area contributed by atoms with E-state index >= 15 is 0 Å². The molecule has 19 heavy (non-hydrogen) atoms. The van der Waals surface area contributed by atoms with E-state index in [0.717, 1.165) is 0 Å². The number of hydrogen-bond acceptors (Lipinski definition) is 2. The minimum atomic E-state index is -1.06. The molecule has 5 nitrogen and oxygen atoms in total. The number of benzene rings is 2. The molecule has 0 saturated heterocycles. The normalized spacial score (nSPS) is 8.84. The SMILES string of the molecule is NC(N)=Nc1ccccc1C(=O)O.c1ccccc1. The lowest BCUT2D eigenvalue weighted by Gasteiger charge is -1.99. The van der Waals surface area contributed by atoms with E-state index < -0.39 is 5.97 Å². The molecule has 0 aliphatic carbocycles. The average Bonchev–Trinajstić information content (AvgIpc) is 2.41. The molecule has 0 radical (unpaired) electrons. The van der Waals surface area contributed by atoms with Crippen LogP contribution >= 0.6 is 0 Å². The number of aromatic carboxylic acids is 1. The zero-order chi connectivity index (χ0) is 14.1. The molecule has 0 fully saturated rings. The van der Waals surface area contributed by atoms with Gasteiger partial charge in [-0.05, 0) is 12.1 Å². The first kappa shape index (κ1) is 14.2. The number of guanidine groups is 1. The molecular weight excluding hydrogens is 242 g/mol. The highest BCUT2D eigenvalue weighted by atomic mass is 16.4. The summed E-state index contributed by atoms with van der Waals surface area (Å²) < 4.78 is 0. The molecule has 5 N–H and O–H groups in total. The van der Waals surface area contributed by atoms with Crippen molar-refractivity contribution < 1.29 is 9.90 Å². The van der Waals surface area contributed by atoms with Crippen LogP contribution in [0.25, 0.3) is 0 Å². The Kier molecular flexibility index (Phi) is 5.62. The zero-order valence-corrected chi connectivity index (χ0v) is 10.2. The summed E-state index contributed by atoms with van der Waals surface area (Å²) in [6.07, 6.45) is 0. The van der Waals surface area contributed by atoms with Crippen molar-refractivity contribution in [3.8, 4) is 0 Å². The Balaban J connectivity index is 0.000000250. The molecule has 0 saturated carbocycles. The molecular formula is C14H15N3O2. The Bertz CT molecular complexity index is 523. The maximum absolute atomic E-state index is 10.7. The molecule has 2 rings (SSSR count). The van der Waals surface area contributed by atoms with Crippen molar-refractivity contribution in [3.05, 3.63) is 66.2 Å². The van der Waals surface area contributed by atoms with Crippen LogP contribution in [0.2, 0.25) is 0 Å². The number of para-hydroxylation sites is 1. The highest BCUT2D eigenvalue weighted by molar-refractivity contribution is 5.94. The van der Waals surface area contributed by atoms with E-state index in [4.69, 9.17) is 16.6 Å². The molecule has 0 aliphatic rings. The van der Waals surface area contributed by atoms with Gasteiger partial charge in [-0.15, -0.1) is 0 Å². The zero-order valence-electron chi connectivity index (χ0n) is 10.2. The highest BCUT2D eigenvalue weighted by Crippen LogP contribution is 2.17. The number of nitrogens with two attached hydrogens (primary N) is 2. The van der Waals surface area contributed by atoms with Gasteiger partial charge < -0.3 is 16.6 Å². The van der Waals surface area contributed by atoms with Crippen LogP contribution < -0.4 is 11.5 Å². The van der Waals surface area contributed by atoms with E-state index in [1.807, 2.05) is 36.4 Å². The quantitative estimate of drug-likeness (QED) is 0.565. The topological polar surface area (TPSA) is 102 Å². The van der Waals surface area contributed by atoms with Crippen LogP contribution in [0.5, 0.6) is 0 Å². The number of aliphatic imine (C=N–C) groups is 1. The van der Waals surface area contributed by atoms with Gasteiger partial charge in [-0.2, -0.15) is 0 Å². The fourth-order valence-electron chi connectivity index (χ4n) is 1.28. The fourth-order valence-corrected chi connectivity index (χ4v) is 1.28. The lowest BCUT2D eigenvalue weighted by atomic mass is 10.2. The van der Waals surface area contributed by atoms with Crippen molar-refractivity contribution in [1.82, 2.24) is 0 Å². The monoisotopic (exact) mass is 257 g/mol. The molecule has 0 aliphatic heterocycles. The van der Waals surface area contributed by atoms with Crippen LogP contribution in [0.15, 0.2) is 65.7 Å². The third-order valence-electron chi connectivity index (χ3n) is 2.05. The highest BCUT2D eigenvalue weighted by Gasteiger charge is 2.07. The van der Waals surface area contributed by atoms with Crippen molar-refractivity contribution in [2.24, 2.45) is 16.5 Å². The Morgan fingerprint density at radius 1 is 0.895 bits per heavy atom. The van der Waals surface area contributed by atoms with Crippen molar-refractivity contribution >= 4 is 17.6 Å². The molecule has 0 unspecified atom stereocenters. The number of carboxylic acid groups (broad SMARTS) is 1. The van der Waals surface area contributed by atoms with Gasteiger partial charge >= 0.3 is 5.97 Å². The number of carbonyl (C=O) groups is 1. The summed E-state index contributed by atoms with van der Waals surface area (Å²) in [5.41, 5.74) is 10.6. The molecule has 0 bridgehead atoms. The van der Waals surface area contributed by atoms with Gasteiger partial charge in [0.2, 0.25) is 0 Å². The first-order valence-electron chi connectivity index (χ1n) is 5.53. The van der Waals surface area contributed by atoms with Crippen molar-refractivity contribution in [2.45, 2.75) is 0 Å². The number of hydrogen-bond donors (Lipinski definition) is 3. The second kappa shape index (κ2) is 7.50. The second-order valence-corrected chi connectivity index (χ2v) is 3.51. The first-order valence-corrected chi connectivity index (χ1v) is 5.53. The molecule has 0 amide bonds. The summed E-state index contributed by atoms with van der Waals surface area (Å²) in [5, 5.41) is 8.73. The molecule has 0 heterocycles. The van der Waals surface area contributed by atoms with Crippen molar-refractivity contribution in [2.75, 3.05) is 0 Å². The standard InChI is InChI=1S/C8H9N3O2.C6H6/c9-8(10)11-6-4-2-1-3-5(6)7(12)13;1-2-4-6-5-3-1/h1-4H,(H,12,13)(H4,9,10,11);1-6H. The Labute approximate surface area is 111 Å². The van der Waals surface area contributed by atoms with Crippen LogP contribution in [-0.4, -0.2) is 17.0 Å². The summed E-state index contributed by atoms with van der Waals surface area (Å²) in [6.45, 7) is 0. The van der Waals surface area contributed by atoms with E-state index in [1.165, 1.54) is 12.1 Å². The summed E-state index contributed by atoms with van der Waals surface area (Å²) in [7, 11) is 0. The predicted molar refractivity (Wildman–Crippen MR) is 75.3 cm³/mol. The molecule has 2 aromatic carbocycles. The van der Waals surface area contributed by atoms with Crippen molar-refractivity contribution in [3.63, 3.8) is 0 Å². The summed E-state index contributed by atoms with van der Waals surface area (Å²) in [6, 6.07) is 18.2. The van der Waals surface area contributed by atoms with Gasteiger partial charge in [0.05, 0.1) is 11.3 Å². The van der Waals surface area contributed by atoms with Gasteiger partial charge in [0, 0.05) is 0 Å². The van der Waals surface area contributed by atoms with Crippen molar-refractivity contribution in [1.29, 1.82) is 0 Å². The van der Waals surface area contributed by atoms with Crippen LogP contribution in [0.3, 0.4) is 0 Å². The molecule has 0 spiro atoms. The van der Waals surface area contributed by atoms with E-state index in [2.05, 4.69) is 4.99 Å². The van der Waals surface area contributed by atoms with Gasteiger partial charge in [-0.3, -0.25) is 0 Å². The smallest absolute Gasteiger partial charge is 0.337 e. The molecule has 98 valence electrons. The fraction of sp³-hybridized carbons (Fsp3) is 0. The average molecular weight is 257 g/mol. The first-order chi connectivity index (χ1) is 9.11. The van der Waals surface area contributed by atoms with E-state index in [1.54, 1.807) is 12.1 Å². The van der Waals surface area contributed by atoms with Gasteiger partial charge in [0.1, 0.15) is 0 Å². The van der Waals surface area contributed by atoms with Gasteiger partial charge in [-0.25, -0.2) is 9.79 Å². The predicted octanol–water partition coefficient (Wildman–Crippen LogP) is 1.98. The molecule has 0 atom stereocenters. The number of nitrogens with zero attached hydrogens (tertiary/aromatic N) is 1. The van der Waals surface area contributed by atoms with Crippen LogP contribution in [-0.2, 0) is 0 Å². The van der Waals surface area contributed by atoms with Gasteiger partial charge in [-0.1, -0.05) is 48.5 Å². The minimum Gasteiger partial charge on any atom is -0.478 e. The summed E-state index contributed by atoms with van der Waals surface area (Å²) >= 11 is 0. The maximum atomic E-state index is 10.7. The van der Waals surface area contributed by atoms with E-state index in [-0.39, 0.29) is 17.2 Å². The van der Waals surface area contributed by atoms with Crippen LogP contribution in [0.1, 0.15) is 10.4 Å². The number of carboxylic acids is 1. The summed E-state index contributed by atoms with van der Waals surface area (Å²) in [5.74, 6) is -1.21. The Morgan fingerprint density at radius 2 is 1.37 bits per heavy atom. The third-order valence-corrected chi connectivity index (χ3v) is 2.05. The minimum absolute atomic E-state index is 0.0795. The lowest BCUT2D eigenvalue weighted by molar-refractivity contribution is 0.0698. The van der Waals surface area contributed by atoms with E-state index in [0.29, 0.717) is 0 Å². The van der Waals surface area contributed by atoms with Crippen LogP contribution in [0.4, 0.5) is 5.69 Å². The van der Waals surface area contributed by atoms with Crippen LogP contribution in [0, 0.1) is 0 Å². The third kappa shape index (κ3) is 5.36. The Morgan fingerprint density at radius 3 is 1.79 bits per heavy atom. The Hall–Kier alpha value is -2.82. The summed E-state index contributed by atoms with van der Waals surface area (Å²) in [4.78, 5) is 14.3. The lowest BCUT2D eigenvalue weighted by Crippen LogP contribution is -2.22. The maximum Gasteiger partial charge on any atom is 0.337 e. The number of rotatable bonds is 2. The molecule has 2 aromatic rings. The van der Waals surface area contributed by atoms with E-state index in [9.17, 15) is 4.79 Å². The second-order valence-electron chi connectivity index (χ2n) is 3.51. The largest absolute Gasteiger partial charge is 0.478 e. The van der Waals surface area contributed by atoms with Gasteiger partial charge in [0.25, 0.3) is 0 Å². The molecule has 0 aromatic heterocycles.